The summed E-state index contributed by atoms with van der Waals surface area (Å²) in [6.45, 7) is 1.89. The van der Waals surface area contributed by atoms with Crippen molar-refractivity contribution in [1.82, 2.24) is 0 Å². The lowest BCUT2D eigenvalue weighted by molar-refractivity contribution is -0.116. The molecule has 1 aromatic rings. The highest BCUT2D eigenvalue weighted by Crippen LogP contribution is 2.15. The highest BCUT2D eigenvalue weighted by molar-refractivity contribution is 6.00. The SMILES string of the molecule is CC(N)CCCC(=O)Nc1ccccc1C(=O)O. The van der Waals surface area contributed by atoms with Crippen molar-refractivity contribution in [1.29, 1.82) is 0 Å². The Hall–Kier alpha value is -1.88. The first-order valence-corrected chi connectivity index (χ1v) is 5.88. The van der Waals surface area contributed by atoms with Gasteiger partial charge >= 0.3 is 5.97 Å². The summed E-state index contributed by atoms with van der Waals surface area (Å²) in [5.41, 5.74) is 6.01. The Morgan fingerprint density at radius 3 is 2.67 bits per heavy atom. The average Bonchev–Trinajstić information content (AvgIpc) is 2.28. The van der Waals surface area contributed by atoms with E-state index in [1.165, 1.54) is 6.07 Å². The average molecular weight is 250 g/mol. The van der Waals surface area contributed by atoms with E-state index in [2.05, 4.69) is 5.32 Å². The Balaban J connectivity index is 2.56. The number of carboxylic acid groups (broad SMARTS) is 1. The molecule has 1 rings (SSSR count). The quantitative estimate of drug-likeness (QED) is 0.718. The number of aromatic carboxylic acids is 1. The predicted octanol–water partition coefficient (Wildman–Crippen LogP) is 1.84. The second-order valence-electron chi connectivity index (χ2n) is 4.27. The van der Waals surface area contributed by atoms with Crippen LogP contribution in [-0.4, -0.2) is 23.0 Å². The number of benzene rings is 1. The normalized spacial score (nSPS) is 11.9. The fourth-order valence-corrected chi connectivity index (χ4v) is 1.58. The standard InChI is InChI=1S/C13H18N2O3/c1-9(14)5-4-8-12(16)15-11-7-3-2-6-10(11)13(17)18/h2-3,6-7,9H,4-5,8,14H2,1H3,(H,15,16)(H,17,18). The van der Waals surface area contributed by atoms with Crippen LogP contribution in [0.4, 0.5) is 5.69 Å². The number of carboxylic acids is 1. The van der Waals surface area contributed by atoms with Crippen LogP contribution in [0.2, 0.25) is 0 Å². The number of hydrogen-bond acceptors (Lipinski definition) is 3. The largest absolute Gasteiger partial charge is 0.478 e. The summed E-state index contributed by atoms with van der Waals surface area (Å²) in [7, 11) is 0. The van der Waals surface area contributed by atoms with Gasteiger partial charge < -0.3 is 16.2 Å². The minimum Gasteiger partial charge on any atom is -0.478 e. The first-order chi connectivity index (χ1) is 8.50. The first kappa shape index (κ1) is 14.2. The number of para-hydroxylation sites is 1. The number of nitrogens with two attached hydrogens (primary N) is 1. The van der Waals surface area contributed by atoms with E-state index in [4.69, 9.17) is 10.8 Å². The molecule has 1 amide bonds. The van der Waals surface area contributed by atoms with Crippen molar-refractivity contribution in [2.24, 2.45) is 5.73 Å². The maximum Gasteiger partial charge on any atom is 0.337 e. The van der Waals surface area contributed by atoms with Crippen molar-refractivity contribution in [3.05, 3.63) is 29.8 Å². The lowest BCUT2D eigenvalue weighted by Crippen LogP contribution is -2.17. The summed E-state index contributed by atoms with van der Waals surface area (Å²) >= 11 is 0. The van der Waals surface area contributed by atoms with Gasteiger partial charge in [0, 0.05) is 12.5 Å². The van der Waals surface area contributed by atoms with Crippen LogP contribution < -0.4 is 11.1 Å². The van der Waals surface area contributed by atoms with Crippen LogP contribution >= 0.6 is 0 Å². The molecular formula is C13H18N2O3. The van der Waals surface area contributed by atoms with E-state index in [1.807, 2.05) is 6.92 Å². The molecule has 0 saturated heterocycles. The van der Waals surface area contributed by atoms with Crippen molar-refractivity contribution >= 4 is 17.6 Å². The topological polar surface area (TPSA) is 92.4 Å². The molecule has 1 aromatic carbocycles. The number of anilines is 1. The van der Waals surface area contributed by atoms with Gasteiger partial charge in [-0.1, -0.05) is 12.1 Å². The molecule has 0 aliphatic carbocycles. The molecule has 0 aromatic heterocycles. The summed E-state index contributed by atoms with van der Waals surface area (Å²) in [5, 5.41) is 11.6. The van der Waals surface area contributed by atoms with E-state index >= 15 is 0 Å². The van der Waals surface area contributed by atoms with Crippen molar-refractivity contribution in [2.45, 2.75) is 32.2 Å². The Morgan fingerprint density at radius 2 is 2.06 bits per heavy atom. The van der Waals surface area contributed by atoms with Gasteiger partial charge in [0.15, 0.2) is 0 Å². The van der Waals surface area contributed by atoms with Gasteiger partial charge in [-0.2, -0.15) is 0 Å². The summed E-state index contributed by atoms with van der Waals surface area (Å²) in [5.74, 6) is -1.24. The zero-order chi connectivity index (χ0) is 13.5. The van der Waals surface area contributed by atoms with E-state index < -0.39 is 5.97 Å². The summed E-state index contributed by atoms with van der Waals surface area (Å²) < 4.78 is 0. The van der Waals surface area contributed by atoms with Crippen molar-refractivity contribution in [2.75, 3.05) is 5.32 Å². The second kappa shape index (κ2) is 6.76. The third-order valence-corrected chi connectivity index (χ3v) is 2.49. The molecule has 1 atom stereocenters. The van der Waals surface area contributed by atoms with Gasteiger partial charge in [-0.15, -0.1) is 0 Å². The molecule has 0 fully saturated rings. The molecule has 1 unspecified atom stereocenters. The van der Waals surface area contributed by atoms with Gasteiger partial charge in [-0.05, 0) is 31.9 Å². The second-order valence-corrected chi connectivity index (χ2v) is 4.27. The van der Waals surface area contributed by atoms with E-state index in [9.17, 15) is 9.59 Å². The third-order valence-electron chi connectivity index (χ3n) is 2.49. The molecule has 5 nitrogen and oxygen atoms in total. The number of hydrogen-bond donors (Lipinski definition) is 3. The lowest BCUT2D eigenvalue weighted by Gasteiger charge is -2.08. The number of carbonyl (C=O) groups is 2. The highest BCUT2D eigenvalue weighted by Gasteiger charge is 2.11. The minimum absolute atomic E-state index is 0.0732. The fraction of sp³-hybridized carbons (Fsp3) is 0.385. The van der Waals surface area contributed by atoms with Crippen LogP contribution in [-0.2, 0) is 4.79 Å². The molecule has 5 heteroatoms. The Labute approximate surface area is 106 Å². The van der Waals surface area contributed by atoms with Gasteiger partial charge in [-0.3, -0.25) is 4.79 Å². The summed E-state index contributed by atoms with van der Waals surface area (Å²) in [4.78, 5) is 22.6. The minimum atomic E-state index is -1.05. The van der Waals surface area contributed by atoms with Crippen LogP contribution in [0.3, 0.4) is 0 Å². The third kappa shape index (κ3) is 4.55. The van der Waals surface area contributed by atoms with Gasteiger partial charge in [-0.25, -0.2) is 4.79 Å². The van der Waals surface area contributed by atoms with Crippen molar-refractivity contribution in [3.63, 3.8) is 0 Å². The maximum absolute atomic E-state index is 11.6. The van der Waals surface area contributed by atoms with Crippen LogP contribution in [0.1, 0.15) is 36.5 Å². The zero-order valence-corrected chi connectivity index (χ0v) is 10.3. The molecule has 98 valence electrons. The van der Waals surface area contributed by atoms with E-state index in [0.29, 0.717) is 18.5 Å². The monoisotopic (exact) mass is 250 g/mol. The molecule has 0 spiro atoms. The fourth-order valence-electron chi connectivity index (χ4n) is 1.58. The van der Waals surface area contributed by atoms with Crippen LogP contribution in [0.15, 0.2) is 24.3 Å². The van der Waals surface area contributed by atoms with Gasteiger partial charge in [0.2, 0.25) is 5.91 Å². The molecule has 18 heavy (non-hydrogen) atoms. The number of rotatable bonds is 6. The summed E-state index contributed by atoms with van der Waals surface area (Å²) in [6.07, 6.45) is 1.81. The molecule has 0 radical (unpaired) electrons. The van der Waals surface area contributed by atoms with Gasteiger partial charge in [0.05, 0.1) is 11.3 Å². The predicted molar refractivity (Wildman–Crippen MR) is 69.5 cm³/mol. The van der Waals surface area contributed by atoms with E-state index in [-0.39, 0.29) is 17.5 Å². The van der Waals surface area contributed by atoms with E-state index in [0.717, 1.165) is 6.42 Å². The molecule has 0 saturated carbocycles. The first-order valence-electron chi connectivity index (χ1n) is 5.88. The lowest BCUT2D eigenvalue weighted by atomic mass is 10.1. The molecule has 4 N–H and O–H groups in total. The van der Waals surface area contributed by atoms with Crippen LogP contribution in [0.5, 0.6) is 0 Å². The smallest absolute Gasteiger partial charge is 0.337 e. The molecular weight excluding hydrogens is 232 g/mol. The Morgan fingerprint density at radius 1 is 1.39 bits per heavy atom. The zero-order valence-electron chi connectivity index (χ0n) is 10.3. The Bertz CT molecular complexity index is 430. The molecule has 0 heterocycles. The van der Waals surface area contributed by atoms with Crippen molar-refractivity contribution < 1.29 is 14.7 Å². The number of nitrogens with one attached hydrogen (secondary N) is 1. The van der Waals surface area contributed by atoms with E-state index in [1.54, 1.807) is 18.2 Å². The maximum atomic E-state index is 11.6. The van der Waals surface area contributed by atoms with Crippen molar-refractivity contribution in [3.8, 4) is 0 Å². The van der Waals surface area contributed by atoms with Gasteiger partial charge in [0.1, 0.15) is 0 Å². The summed E-state index contributed by atoms with van der Waals surface area (Å²) in [6, 6.07) is 6.41. The molecule has 0 aliphatic rings. The Kier molecular flexibility index (Phi) is 5.32. The molecule has 0 aliphatic heterocycles. The van der Waals surface area contributed by atoms with Crippen LogP contribution in [0, 0.1) is 0 Å². The number of amides is 1. The highest BCUT2D eigenvalue weighted by atomic mass is 16.4. The number of carbonyl (C=O) groups excluding carboxylic acids is 1. The molecule has 0 bridgehead atoms. The van der Waals surface area contributed by atoms with Crippen LogP contribution in [0.25, 0.3) is 0 Å². The van der Waals surface area contributed by atoms with Gasteiger partial charge in [0.25, 0.3) is 0 Å².